The zero-order chi connectivity index (χ0) is 17.8. The molecule has 2 unspecified atom stereocenters. The van der Waals surface area contributed by atoms with Crippen LogP contribution in [-0.2, 0) is 14.3 Å². The zero-order valence-corrected chi connectivity index (χ0v) is 18.4. The molecule has 0 N–H and O–H groups in total. The average molecular weight is 466 g/mol. The van der Waals surface area contributed by atoms with Crippen molar-refractivity contribution in [2.45, 2.75) is 69.1 Å². The van der Waals surface area contributed by atoms with E-state index < -0.39 is 10.1 Å². The van der Waals surface area contributed by atoms with E-state index in [2.05, 4.69) is 49.4 Å². The molecule has 3 aliphatic rings. The Kier molecular flexibility index (Phi) is 4.97. The first-order valence-corrected chi connectivity index (χ1v) is 12.1. The van der Waals surface area contributed by atoms with Crippen LogP contribution in [0.25, 0.3) is 0 Å². The molecule has 2 fully saturated rings. The van der Waals surface area contributed by atoms with Gasteiger partial charge in [-0.05, 0) is 68.1 Å². The quantitative estimate of drug-likeness (QED) is 0.252. The van der Waals surface area contributed by atoms with E-state index in [0.29, 0.717) is 21.9 Å². The summed E-state index contributed by atoms with van der Waals surface area (Å²) in [7, 11) is -3.38. The lowest BCUT2D eigenvalue weighted by Gasteiger charge is -2.60. The molecule has 3 aliphatic carbocycles. The summed E-state index contributed by atoms with van der Waals surface area (Å²) in [6.45, 7) is 7.47. The van der Waals surface area contributed by atoms with Crippen molar-refractivity contribution in [1.82, 2.24) is 0 Å². The molecule has 138 valence electrons. The number of hydrogen-bond acceptors (Lipinski definition) is 3. The zero-order valence-electron chi connectivity index (χ0n) is 15.4. The summed E-state index contributed by atoms with van der Waals surface area (Å²) in [5.74, 6) is 1.21. The third-order valence-corrected chi connectivity index (χ3v) is 9.00. The first-order valence-electron chi connectivity index (χ1n) is 9.22. The molecule has 5 atom stereocenters. The van der Waals surface area contributed by atoms with E-state index in [1.807, 2.05) is 0 Å². The van der Waals surface area contributed by atoms with Crippen LogP contribution in [0.15, 0.2) is 11.6 Å². The van der Waals surface area contributed by atoms with E-state index in [9.17, 15) is 8.42 Å². The normalized spacial score (nSPS) is 46.0. The van der Waals surface area contributed by atoms with Gasteiger partial charge in [-0.15, -0.1) is 0 Å². The minimum absolute atomic E-state index is 0.0407. The molecule has 0 saturated heterocycles. The fraction of sp³-hybridized carbons (Fsp3) is 0.895. The van der Waals surface area contributed by atoms with Crippen LogP contribution in [0.2, 0.25) is 0 Å². The molecule has 0 aromatic heterocycles. The molecule has 2 saturated carbocycles. The Labute approximate surface area is 161 Å². The second kappa shape index (κ2) is 6.22. The topological polar surface area (TPSA) is 43.4 Å². The number of halogens is 1. The number of alkyl halides is 1. The summed E-state index contributed by atoms with van der Waals surface area (Å²) >= 11 is 2.69. The molecule has 0 spiro atoms. The van der Waals surface area contributed by atoms with Gasteiger partial charge in [0.15, 0.2) is 0 Å². The van der Waals surface area contributed by atoms with Gasteiger partial charge in [0.1, 0.15) is 0 Å². The van der Waals surface area contributed by atoms with Gasteiger partial charge in [-0.3, -0.25) is 4.18 Å². The summed E-state index contributed by atoms with van der Waals surface area (Å²) in [6, 6.07) is 0. The van der Waals surface area contributed by atoms with Crippen molar-refractivity contribution in [3.05, 3.63) is 11.6 Å². The van der Waals surface area contributed by atoms with Crippen LogP contribution in [0.4, 0.5) is 0 Å². The van der Waals surface area contributed by atoms with E-state index in [-0.39, 0.29) is 10.8 Å². The summed E-state index contributed by atoms with van der Waals surface area (Å²) in [5, 5.41) is 0. The van der Waals surface area contributed by atoms with Gasteiger partial charge in [0.2, 0.25) is 0 Å². The predicted molar refractivity (Wildman–Crippen MR) is 107 cm³/mol. The number of allylic oxidation sites excluding steroid dienone is 2. The Bertz CT molecular complexity index is 639. The molecule has 0 heterocycles. The van der Waals surface area contributed by atoms with Gasteiger partial charge in [-0.2, -0.15) is 8.42 Å². The lowest BCUT2D eigenvalue weighted by atomic mass is 9.46. The van der Waals surface area contributed by atoms with Gasteiger partial charge in [-0.1, -0.05) is 54.5 Å². The summed E-state index contributed by atoms with van der Waals surface area (Å²) < 4.78 is 28.7. The van der Waals surface area contributed by atoms with Crippen molar-refractivity contribution in [3.8, 4) is 0 Å². The molecule has 3 rings (SSSR count). The molecule has 5 heteroatoms. The Morgan fingerprint density at radius 3 is 2.58 bits per heavy atom. The Balaban J connectivity index is 1.92. The lowest BCUT2D eigenvalue weighted by molar-refractivity contribution is -0.0479. The Morgan fingerprint density at radius 1 is 1.21 bits per heavy atom. The summed E-state index contributed by atoms with van der Waals surface area (Å²) in [5.41, 5.74) is 1.84. The highest BCUT2D eigenvalue weighted by Crippen LogP contribution is 2.64. The third-order valence-electron chi connectivity index (χ3n) is 7.16. The maximum absolute atomic E-state index is 11.5. The fourth-order valence-electron chi connectivity index (χ4n) is 5.98. The molecule has 0 aliphatic heterocycles. The Hall–Kier alpha value is 0.380. The van der Waals surface area contributed by atoms with Crippen LogP contribution >= 0.6 is 22.6 Å². The van der Waals surface area contributed by atoms with Crippen LogP contribution in [0.5, 0.6) is 0 Å². The van der Waals surface area contributed by atoms with E-state index in [1.54, 1.807) is 5.57 Å². The Morgan fingerprint density at radius 2 is 1.92 bits per heavy atom. The maximum Gasteiger partial charge on any atom is 0.264 e. The van der Waals surface area contributed by atoms with Crippen molar-refractivity contribution < 1.29 is 12.6 Å². The molecule has 0 radical (unpaired) electrons. The van der Waals surface area contributed by atoms with Gasteiger partial charge >= 0.3 is 0 Å². The number of hydrogen-bond donors (Lipinski definition) is 0. The smallest absolute Gasteiger partial charge is 0.264 e. The minimum atomic E-state index is -3.38. The van der Waals surface area contributed by atoms with Crippen LogP contribution in [-0.4, -0.2) is 24.7 Å². The molecule has 24 heavy (non-hydrogen) atoms. The van der Waals surface area contributed by atoms with Crippen LogP contribution in [0.1, 0.15) is 65.7 Å². The third kappa shape index (κ3) is 3.34. The second-order valence-corrected chi connectivity index (χ2v) is 13.2. The van der Waals surface area contributed by atoms with Crippen molar-refractivity contribution in [2.24, 2.45) is 22.7 Å². The van der Waals surface area contributed by atoms with Gasteiger partial charge < -0.3 is 0 Å². The second-order valence-electron chi connectivity index (χ2n) is 9.05. The first-order chi connectivity index (χ1) is 11.0. The van der Waals surface area contributed by atoms with E-state index in [4.69, 9.17) is 4.18 Å². The van der Waals surface area contributed by atoms with Crippen molar-refractivity contribution in [3.63, 3.8) is 0 Å². The van der Waals surface area contributed by atoms with Crippen LogP contribution in [0.3, 0.4) is 0 Å². The van der Waals surface area contributed by atoms with E-state index in [1.165, 1.54) is 44.8 Å². The first kappa shape index (κ1) is 19.2. The minimum Gasteiger partial charge on any atom is -0.270 e. The van der Waals surface area contributed by atoms with Crippen LogP contribution in [0, 0.1) is 22.7 Å². The predicted octanol–water partition coefficient (Wildman–Crippen LogP) is 5.10. The molecule has 3 nitrogen and oxygen atoms in total. The molecule has 0 amide bonds. The molecule has 0 aromatic carbocycles. The number of rotatable bonds is 3. The standard InChI is InChI=1S/C19H31IO3S/c1-17(13-23-24(4,21)22)10-6-11-18(2)14-7-5-12-19(3,20)15(14)8-9-16(17)18/h7,15-16H,5-6,8-13H2,1-4H3/t15?,16?,17-,18-,19-/m0/s1. The van der Waals surface area contributed by atoms with Crippen molar-refractivity contribution in [2.75, 3.05) is 12.9 Å². The number of fused-ring (bicyclic) bond motifs is 3. The highest BCUT2D eigenvalue weighted by Gasteiger charge is 2.56. The summed E-state index contributed by atoms with van der Waals surface area (Å²) in [4.78, 5) is 0. The van der Waals surface area contributed by atoms with E-state index >= 15 is 0 Å². The monoisotopic (exact) mass is 466 g/mol. The molecule has 0 bridgehead atoms. The molecular weight excluding hydrogens is 435 g/mol. The average Bonchev–Trinajstić information content (AvgIpc) is 2.45. The van der Waals surface area contributed by atoms with Gasteiger partial charge in [-0.25, -0.2) is 0 Å². The van der Waals surface area contributed by atoms with Gasteiger partial charge in [0.25, 0.3) is 10.1 Å². The maximum atomic E-state index is 11.5. The van der Waals surface area contributed by atoms with Crippen molar-refractivity contribution >= 4 is 32.7 Å². The molecule has 0 aromatic rings. The van der Waals surface area contributed by atoms with Crippen LogP contribution < -0.4 is 0 Å². The van der Waals surface area contributed by atoms with Gasteiger partial charge in [0.05, 0.1) is 12.9 Å². The van der Waals surface area contributed by atoms with Gasteiger partial charge in [0, 0.05) is 3.42 Å². The lowest BCUT2D eigenvalue weighted by Crippen LogP contribution is -2.53. The molecular formula is C19H31IO3S. The van der Waals surface area contributed by atoms with E-state index in [0.717, 1.165) is 6.42 Å². The highest BCUT2D eigenvalue weighted by atomic mass is 127. The highest BCUT2D eigenvalue weighted by molar-refractivity contribution is 14.1. The fourth-order valence-corrected chi connectivity index (χ4v) is 7.42. The SMILES string of the molecule is C[C@@]1(COS(C)(=O)=O)CCC[C@@]2(C)C3=CCC[C@](C)(I)C3CCC12. The van der Waals surface area contributed by atoms with Crippen molar-refractivity contribution in [1.29, 1.82) is 0 Å². The largest absolute Gasteiger partial charge is 0.270 e. The summed E-state index contributed by atoms with van der Waals surface area (Å²) in [6.07, 6.45) is 12.1.